The molecule has 22 heavy (non-hydrogen) atoms. The van der Waals surface area contributed by atoms with E-state index in [1.165, 1.54) is 0 Å². The molecule has 0 spiro atoms. The van der Waals surface area contributed by atoms with Gasteiger partial charge in [-0.1, -0.05) is 6.92 Å². The van der Waals surface area contributed by atoms with Crippen molar-refractivity contribution in [3.63, 3.8) is 0 Å². The number of hydrogen-bond acceptors (Lipinski definition) is 4. The molecule has 0 saturated heterocycles. The lowest BCUT2D eigenvalue weighted by atomic mass is 10.2. The number of nitrogens with zero attached hydrogens (tertiary/aromatic N) is 4. The van der Waals surface area contributed by atoms with E-state index in [-0.39, 0.29) is 11.8 Å². The van der Waals surface area contributed by atoms with Crippen LogP contribution in [0.1, 0.15) is 23.0 Å². The summed E-state index contributed by atoms with van der Waals surface area (Å²) in [7, 11) is 1.73. The van der Waals surface area contributed by atoms with E-state index < -0.39 is 5.91 Å². The largest absolute Gasteiger partial charge is 0.275 e. The fourth-order valence-corrected chi connectivity index (χ4v) is 2.26. The quantitative estimate of drug-likeness (QED) is 0.779. The average Bonchev–Trinajstić information content (AvgIpc) is 3.01. The van der Waals surface area contributed by atoms with E-state index >= 15 is 0 Å². The summed E-state index contributed by atoms with van der Waals surface area (Å²) in [5.74, 6) is -1.03. The van der Waals surface area contributed by atoms with Crippen molar-refractivity contribution in [3.8, 4) is 0 Å². The maximum Gasteiger partial charge on any atom is 0.273 e. The summed E-state index contributed by atoms with van der Waals surface area (Å²) in [6.07, 6.45) is 5.03. The highest BCUT2D eigenvalue weighted by atomic mass is 79.9. The third-order valence-corrected chi connectivity index (χ3v) is 3.48. The van der Waals surface area contributed by atoms with Crippen molar-refractivity contribution in [2.45, 2.75) is 20.4 Å². The van der Waals surface area contributed by atoms with Gasteiger partial charge in [-0.15, -0.1) is 0 Å². The van der Waals surface area contributed by atoms with Crippen LogP contribution in [0, 0.1) is 12.8 Å². The van der Waals surface area contributed by atoms with Crippen molar-refractivity contribution in [2.75, 3.05) is 0 Å². The van der Waals surface area contributed by atoms with Crippen LogP contribution in [-0.4, -0.2) is 31.4 Å². The summed E-state index contributed by atoms with van der Waals surface area (Å²) in [5, 5.41) is 8.17. The number of aryl methyl sites for hydroxylation is 2. The van der Waals surface area contributed by atoms with Crippen LogP contribution in [0.3, 0.4) is 0 Å². The number of rotatable bonds is 4. The van der Waals surface area contributed by atoms with Crippen molar-refractivity contribution in [1.82, 2.24) is 30.4 Å². The van der Waals surface area contributed by atoms with Gasteiger partial charge in [-0.25, -0.2) is 0 Å². The second-order valence-electron chi connectivity index (χ2n) is 5.03. The van der Waals surface area contributed by atoms with Crippen LogP contribution in [0.5, 0.6) is 0 Å². The minimum atomic E-state index is -0.395. The highest BCUT2D eigenvalue weighted by Crippen LogP contribution is 2.08. The van der Waals surface area contributed by atoms with Gasteiger partial charge in [0.1, 0.15) is 0 Å². The molecule has 0 radical (unpaired) electrons. The topological polar surface area (TPSA) is 93.8 Å². The molecule has 2 amide bonds. The van der Waals surface area contributed by atoms with Crippen molar-refractivity contribution in [1.29, 1.82) is 0 Å². The minimum Gasteiger partial charge on any atom is -0.275 e. The summed E-state index contributed by atoms with van der Waals surface area (Å²) in [4.78, 5) is 23.9. The lowest BCUT2D eigenvalue weighted by Gasteiger charge is -2.12. The predicted octanol–water partition coefficient (Wildman–Crippen LogP) is 0.785. The number of hydrazine groups is 1. The summed E-state index contributed by atoms with van der Waals surface area (Å²) in [6, 6.07) is 0. The lowest BCUT2D eigenvalue weighted by Crippen LogP contribution is -2.44. The van der Waals surface area contributed by atoms with Gasteiger partial charge in [0, 0.05) is 19.4 Å². The van der Waals surface area contributed by atoms with Gasteiger partial charge in [-0.3, -0.25) is 29.8 Å². The Labute approximate surface area is 136 Å². The van der Waals surface area contributed by atoms with Crippen LogP contribution >= 0.6 is 15.9 Å². The molecule has 2 heterocycles. The molecule has 0 fully saturated rings. The zero-order valence-corrected chi connectivity index (χ0v) is 14.1. The normalized spacial score (nSPS) is 12.0. The Morgan fingerprint density at radius 1 is 1.36 bits per heavy atom. The number of aromatic nitrogens is 4. The Hall–Kier alpha value is -2.16. The first-order valence-electron chi connectivity index (χ1n) is 6.65. The summed E-state index contributed by atoms with van der Waals surface area (Å²) in [6.45, 7) is 3.90. The zero-order valence-electron chi connectivity index (χ0n) is 12.5. The molecule has 118 valence electrons. The predicted molar refractivity (Wildman–Crippen MR) is 82.6 cm³/mol. The molecule has 0 aliphatic rings. The van der Waals surface area contributed by atoms with Gasteiger partial charge in [0.15, 0.2) is 0 Å². The fourth-order valence-electron chi connectivity index (χ4n) is 1.93. The number of amides is 2. The van der Waals surface area contributed by atoms with Gasteiger partial charge < -0.3 is 0 Å². The maximum atomic E-state index is 12.0. The van der Waals surface area contributed by atoms with E-state index in [4.69, 9.17) is 0 Å². The van der Waals surface area contributed by atoms with E-state index in [2.05, 4.69) is 37.0 Å². The van der Waals surface area contributed by atoms with E-state index in [9.17, 15) is 9.59 Å². The fraction of sp³-hybridized carbons (Fsp3) is 0.385. The molecule has 0 aliphatic carbocycles. The molecule has 2 rings (SSSR count). The van der Waals surface area contributed by atoms with Gasteiger partial charge >= 0.3 is 0 Å². The second-order valence-corrected chi connectivity index (χ2v) is 5.94. The smallest absolute Gasteiger partial charge is 0.273 e. The molecule has 9 heteroatoms. The molecule has 2 aromatic rings. The minimum absolute atomic E-state index is 0.290. The Morgan fingerprint density at radius 3 is 2.64 bits per heavy atom. The molecular weight excluding hydrogens is 352 g/mol. The first-order valence-corrected chi connectivity index (χ1v) is 7.44. The van der Waals surface area contributed by atoms with Gasteiger partial charge in [0.2, 0.25) is 5.91 Å². The Morgan fingerprint density at radius 2 is 2.09 bits per heavy atom. The average molecular weight is 369 g/mol. The first-order chi connectivity index (χ1) is 10.4. The Bertz CT molecular complexity index is 693. The number of hydrogen-bond donors (Lipinski definition) is 2. The van der Waals surface area contributed by atoms with Crippen molar-refractivity contribution in [3.05, 3.63) is 34.3 Å². The van der Waals surface area contributed by atoms with Gasteiger partial charge in [0.25, 0.3) is 5.91 Å². The number of carbonyl (C=O) groups excluding carboxylic acids is 2. The van der Waals surface area contributed by atoms with Crippen LogP contribution in [0.25, 0.3) is 0 Å². The zero-order chi connectivity index (χ0) is 16.3. The molecule has 0 saturated carbocycles. The highest BCUT2D eigenvalue weighted by molar-refractivity contribution is 9.10. The number of halogens is 1. The van der Waals surface area contributed by atoms with E-state index in [1.807, 2.05) is 0 Å². The monoisotopic (exact) mass is 368 g/mol. The number of carbonyl (C=O) groups is 2. The van der Waals surface area contributed by atoms with Crippen molar-refractivity contribution < 1.29 is 9.59 Å². The van der Waals surface area contributed by atoms with Crippen molar-refractivity contribution >= 4 is 27.7 Å². The van der Waals surface area contributed by atoms with E-state index in [1.54, 1.807) is 48.8 Å². The van der Waals surface area contributed by atoms with Gasteiger partial charge in [-0.05, 0) is 22.9 Å². The van der Waals surface area contributed by atoms with Crippen LogP contribution in [0.2, 0.25) is 0 Å². The van der Waals surface area contributed by atoms with Crippen LogP contribution < -0.4 is 10.9 Å². The van der Waals surface area contributed by atoms with E-state index in [0.29, 0.717) is 17.8 Å². The third kappa shape index (κ3) is 3.94. The van der Waals surface area contributed by atoms with E-state index in [0.717, 1.165) is 4.47 Å². The summed E-state index contributed by atoms with van der Waals surface area (Å²) < 4.78 is 4.05. The SMILES string of the molecule is Cc1nn(C)cc1C(=O)NNC(=O)[C@@H](C)Cn1cc(Br)cn1. The number of nitrogens with one attached hydrogen (secondary N) is 2. The van der Waals surface area contributed by atoms with Crippen LogP contribution in [-0.2, 0) is 18.4 Å². The molecule has 8 nitrogen and oxygen atoms in total. The molecular formula is C13H17BrN6O2. The summed E-state index contributed by atoms with van der Waals surface area (Å²) >= 11 is 3.29. The molecule has 2 aromatic heterocycles. The Kier molecular flexibility index (Phi) is 4.96. The molecule has 0 aliphatic heterocycles. The maximum absolute atomic E-state index is 12.0. The van der Waals surface area contributed by atoms with Gasteiger partial charge in [-0.2, -0.15) is 10.2 Å². The molecule has 0 bridgehead atoms. The molecule has 0 unspecified atom stereocenters. The summed E-state index contributed by atoms with van der Waals surface area (Å²) in [5.41, 5.74) is 5.83. The second kappa shape index (κ2) is 6.73. The van der Waals surface area contributed by atoms with Gasteiger partial charge in [0.05, 0.1) is 34.4 Å². The molecule has 1 atom stereocenters. The van der Waals surface area contributed by atoms with Crippen LogP contribution in [0.15, 0.2) is 23.1 Å². The molecule has 2 N–H and O–H groups in total. The molecule has 0 aromatic carbocycles. The standard InChI is InChI=1S/C13H17BrN6O2/c1-8(5-20-6-10(14)4-15-20)12(21)16-17-13(22)11-7-19(3)18-9(11)2/h4,6-8H,5H2,1-3H3,(H,16,21)(H,17,22)/t8-/m0/s1. The Balaban J connectivity index is 1.86. The van der Waals surface area contributed by atoms with Crippen LogP contribution in [0.4, 0.5) is 0 Å². The third-order valence-electron chi connectivity index (χ3n) is 3.07. The lowest BCUT2D eigenvalue weighted by molar-refractivity contribution is -0.125. The highest BCUT2D eigenvalue weighted by Gasteiger charge is 2.17. The first kappa shape index (κ1) is 16.2. The van der Waals surface area contributed by atoms with Crippen molar-refractivity contribution in [2.24, 2.45) is 13.0 Å².